The predicted octanol–water partition coefficient (Wildman–Crippen LogP) is 7.45. The van der Waals surface area contributed by atoms with Gasteiger partial charge in [0.05, 0.1) is 0 Å². The third-order valence-electron chi connectivity index (χ3n) is 1.83. The van der Waals surface area contributed by atoms with Gasteiger partial charge in [-0.25, -0.2) is 0 Å². The normalized spacial score (nSPS) is 10.2. The minimum Gasteiger partial charge on any atom is -0.387 e. The zero-order valence-corrected chi connectivity index (χ0v) is 24.5. The van der Waals surface area contributed by atoms with E-state index in [0.717, 1.165) is 12.5 Å². The Morgan fingerprint density at radius 2 is 0.857 bits per heavy atom. The number of nitrogens with one attached hydrogen (secondary N) is 1. The molecule has 3 nitrogen and oxygen atoms in total. The maximum Gasteiger partial charge on any atom is 0.0328 e. The van der Waals surface area contributed by atoms with Crippen LogP contribution in [0.5, 0.6) is 0 Å². The SMILES string of the molecule is C1=CCNC=C1.CC(C)(C)C.CC(C)(C)C.CC(C)C.[B].[B].[B].c1ccncc1.c1ccncc1. The fraction of sp³-hybridized carbons (Fsp3) is 0.517. The first-order valence-electron chi connectivity index (χ1n) is 11.5. The van der Waals surface area contributed by atoms with E-state index in [4.69, 9.17) is 0 Å². The Labute approximate surface area is 225 Å². The first kappa shape index (κ1) is 46.2. The Morgan fingerprint density at radius 3 is 0.914 bits per heavy atom. The van der Waals surface area contributed by atoms with E-state index in [1.54, 1.807) is 24.8 Å². The molecule has 0 aliphatic carbocycles. The number of hydrogen-bond donors (Lipinski definition) is 1. The monoisotopic (exact) mass is 474 g/mol. The molecule has 2 aromatic heterocycles. The van der Waals surface area contributed by atoms with Crippen LogP contribution in [-0.2, 0) is 0 Å². The molecule has 0 spiro atoms. The molecular formula is C29H51B3N3. The van der Waals surface area contributed by atoms with Gasteiger partial charge in [-0.3, -0.25) is 9.97 Å². The summed E-state index contributed by atoms with van der Waals surface area (Å²) in [5.41, 5.74) is 1.00. The second kappa shape index (κ2) is 31.8. The third kappa shape index (κ3) is 113. The number of nitrogens with zero attached hydrogens (tertiary/aromatic N) is 2. The molecule has 35 heavy (non-hydrogen) atoms. The van der Waals surface area contributed by atoms with Crippen LogP contribution in [-0.4, -0.2) is 41.8 Å². The Bertz CT molecular complexity index is 510. The number of pyridine rings is 2. The van der Waals surface area contributed by atoms with Crippen molar-refractivity contribution in [1.29, 1.82) is 0 Å². The summed E-state index contributed by atoms with van der Waals surface area (Å²) in [6, 6.07) is 11.4. The van der Waals surface area contributed by atoms with Crippen LogP contribution in [0.4, 0.5) is 0 Å². The van der Waals surface area contributed by atoms with Crippen LogP contribution < -0.4 is 5.32 Å². The van der Waals surface area contributed by atoms with Gasteiger partial charge in [0.15, 0.2) is 0 Å². The van der Waals surface area contributed by atoms with Gasteiger partial charge in [-0.1, -0.05) is 100 Å². The zero-order valence-electron chi connectivity index (χ0n) is 24.5. The molecule has 3 heterocycles. The largest absolute Gasteiger partial charge is 0.387 e. The second-order valence-electron chi connectivity index (χ2n) is 11.0. The van der Waals surface area contributed by atoms with E-state index in [2.05, 4.69) is 97.5 Å². The first-order chi connectivity index (χ1) is 14.7. The molecule has 1 aliphatic rings. The Kier molecular flexibility index (Phi) is 41.9. The second-order valence-corrected chi connectivity index (χ2v) is 11.0. The highest BCUT2D eigenvalue weighted by atomic mass is 14.8. The van der Waals surface area contributed by atoms with Crippen molar-refractivity contribution in [2.75, 3.05) is 6.54 Å². The number of rotatable bonds is 0. The molecule has 3 rings (SSSR count). The van der Waals surface area contributed by atoms with Crippen molar-refractivity contribution in [2.24, 2.45) is 16.7 Å². The van der Waals surface area contributed by atoms with Crippen LogP contribution in [0.1, 0.15) is 76.2 Å². The van der Waals surface area contributed by atoms with E-state index in [-0.39, 0.29) is 25.2 Å². The van der Waals surface area contributed by atoms with Crippen LogP contribution in [0.15, 0.2) is 85.6 Å². The quantitative estimate of drug-likeness (QED) is 0.403. The number of hydrogen-bond acceptors (Lipinski definition) is 3. The highest BCUT2D eigenvalue weighted by Crippen LogP contribution is 2.08. The summed E-state index contributed by atoms with van der Waals surface area (Å²) in [4.78, 5) is 7.57. The van der Waals surface area contributed by atoms with Crippen LogP contribution in [0.3, 0.4) is 0 Å². The molecule has 1 N–H and O–H groups in total. The van der Waals surface area contributed by atoms with Gasteiger partial charge in [0.2, 0.25) is 0 Å². The van der Waals surface area contributed by atoms with E-state index < -0.39 is 0 Å². The third-order valence-corrected chi connectivity index (χ3v) is 1.83. The average Bonchev–Trinajstić information content (AvgIpc) is 2.70. The minimum atomic E-state index is 0. The molecular weight excluding hydrogens is 423 g/mol. The van der Waals surface area contributed by atoms with Crippen LogP contribution >= 0.6 is 0 Å². The summed E-state index contributed by atoms with van der Waals surface area (Å²) in [6.45, 7) is 25.0. The smallest absolute Gasteiger partial charge is 0.0328 e. The van der Waals surface area contributed by atoms with Gasteiger partial charge >= 0.3 is 0 Å². The molecule has 191 valence electrons. The fourth-order valence-corrected chi connectivity index (χ4v) is 1.03. The molecule has 0 amide bonds. The van der Waals surface area contributed by atoms with Gasteiger partial charge in [-0.15, -0.1) is 0 Å². The zero-order chi connectivity index (χ0) is 25.3. The topological polar surface area (TPSA) is 37.8 Å². The van der Waals surface area contributed by atoms with E-state index in [1.807, 2.05) is 54.8 Å². The van der Waals surface area contributed by atoms with Gasteiger partial charge < -0.3 is 5.32 Å². The molecule has 0 saturated carbocycles. The first-order valence-corrected chi connectivity index (χ1v) is 11.5. The summed E-state index contributed by atoms with van der Waals surface area (Å²) in [7, 11) is 0. The van der Waals surface area contributed by atoms with Crippen molar-refractivity contribution >= 4 is 25.2 Å². The van der Waals surface area contributed by atoms with Crippen molar-refractivity contribution in [3.05, 3.63) is 85.6 Å². The van der Waals surface area contributed by atoms with Crippen molar-refractivity contribution in [2.45, 2.75) is 76.2 Å². The molecule has 0 aromatic carbocycles. The van der Waals surface area contributed by atoms with Crippen LogP contribution in [0.25, 0.3) is 0 Å². The maximum absolute atomic E-state index is 3.78. The molecule has 6 heteroatoms. The lowest BCUT2D eigenvalue weighted by Gasteiger charge is -2.05. The lowest BCUT2D eigenvalue weighted by atomic mass is 10.0. The number of aromatic nitrogens is 2. The van der Waals surface area contributed by atoms with Crippen LogP contribution in [0.2, 0.25) is 0 Å². The highest BCUT2D eigenvalue weighted by molar-refractivity contribution is 5.76. The Hall–Kier alpha value is -2.23. The lowest BCUT2D eigenvalue weighted by molar-refractivity contribution is 0.469. The number of dihydropyridines is 1. The van der Waals surface area contributed by atoms with Crippen LogP contribution in [0, 0.1) is 16.7 Å². The van der Waals surface area contributed by atoms with Gasteiger partial charge in [0.1, 0.15) is 0 Å². The van der Waals surface area contributed by atoms with Gasteiger partial charge in [0.25, 0.3) is 0 Å². The summed E-state index contributed by atoms with van der Waals surface area (Å²) < 4.78 is 0. The summed E-state index contributed by atoms with van der Waals surface area (Å²) in [5, 5.41) is 3.02. The standard InChI is InChI=1S/C5H7N.2C5H5N.2C5H12.C4H10.3B/c3*1-2-4-6-5-3-1;2*1-5(2,3)4;1-4(2)3;;;/h1-4,6H,5H2;2*1-5H;2*1-4H3;4H,1-3H3;;;. The number of allylic oxidation sites excluding steroid dienone is 2. The fourth-order valence-electron chi connectivity index (χ4n) is 1.03. The molecule has 1 aliphatic heterocycles. The molecule has 0 atom stereocenters. The maximum atomic E-state index is 3.78. The minimum absolute atomic E-state index is 0. The summed E-state index contributed by atoms with van der Waals surface area (Å²) >= 11 is 0. The van der Waals surface area contributed by atoms with Crippen molar-refractivity contribution in [3.63, 3.8) is 0 Å². The summed E-state index contributed by atoms with van der Waals surface area (Å²) in [6.07, 6.45) is 15.0. The predicted molar refractivity (Wildman–Crippen MR) is 163 cm³/mol. The van der Waals surface area contributed by atoms with Gasteiger partial charge in [0, 0.05) is 56.6 Å². The van der Waals surface area contributed by atoms with Gasteiger partial charge in [-0.05, 0) is 53.3 Å². The van der Waals surface area contributed by atoms with Crippen molar-refractivity contribution in [3.8, 4) is 0 Å². The summed E-state index contributed by atoms with van der Waals surface area (Å²) in [5.74, 6) is 0.833. The van der Waals surface area contributed by atoms with Crippen molar-refractivity contribution < 1.29 is 0 Å². The average molecular weight is 474 g/mol. The van der Waals surface area contributed by atoms with Crippen molar-refractivity contribution in [1.82, 2.24) is 15.3 Å². The van der Waals surface area contributed by atoms with Gasteiger partial charge in [-0.2, -0.15) is 0 Å². The Balaban J connectivity index is -0.0000000713. The Morgan fingerprint density at radius 1 is 0.571 bits per heavy atom. The molecule has 9 radical (unpaired) electrons. The molecule has 2 aromatic rings. The van der Waals surface area contributed by atoms with E-state index in [0.29, 0.717) is 10.8 Å². The highest BCUT2D eigenvalue weighted by Gasteiger charge is 1.96. The molecule has 0 unspecified atom stereocenters. The van der Waals surface area contributed by atoms with E-state index in [9.17, 15) is 0 Å². The lowest BCUT2D eigenvalue weighted by Crippen LogP contribution is -2.05. The molecule has 0 fully saturated rings. The molecule has 0 bridgehead atoms. The van der Waals surface area contributed by atoms with E-state index >= 15 is 0 Å². The molecule has 0 saturated heterocycles. The van der Waals surface area contributed by atoms with E-state index in [1.165, 1.54) is 0 Å².